The average Bonchev–Trinajstić information content (AvgIpc) is 2.66. The summed E-state index contributed by atoms with van der Waals surface area (Å²) in [5.41, 5.74) is 0. The smallest absolute Gasteiger partial charge is 0.335 e. The number of carbonyl (C=O) groups is 4. The van der Waals surface area contributed by atoms with Crippen LogP contribution in [-0.2, 0) is 14.4 Å². The number of rotatable bonds is 4. The summed E-state index contributed by atoms with van der Waals surface area (Å²) in [7, 11) is 0. The van der Waals surface area contributed by atoms with E-state index in [1.54, 1.807) is 4.90 Å². The molecule has 2 fully saturated rings. The van der Waals surface area contributed by atoms with Crippen molar-refractivity contribution in [1.29, 1.82) is 0 Å². The number of nitrogens with zero attached hydrogens (tertiary/aromatic N) is 3. The molecule has 2 aliphatic rings. The molecular weight excluding hydrogens is 312 g/mol. The van der Waals surface area contributed by atoms with E-state index in [1.165, 1.54) is 6.08 Å². The molecule has 0 aromatic heterocycles. The molecule has 122 valence electrons. The highest BCUT2D eigenvalue weighted by Crippen LogP contribution is 2.13. The van der Waals surface area contributed by atoms with Crippen LogP contribution in [0.5, 0.6) is 0 Å². The first-order valence-corrected chi connectivity index (χ1v) is 6.75. The molecule has 0 aromatic rings. The van der Waals surface area contributed by atoms with Crippen molar-refractivity contribution in [3.8, 4) is 0 Å². The molecule has 0 saturated carbocycles. The molecule has 9 heteroatoms. The molecule has 2 rings (SSSR count). The van der Waals surface area contributed by atoms with Crippen LogP contribution in [0.25, 0.3) is 0 Å². The molecule has 2 aliphatic heterocycles. The lowest BCUT2D eigenvalue weighted by molar-refractivity contribution is -0.145. The molecule has 2 heterocycles. The van der Waals surface area contributed by atoms with E-state index in [2.05, 4.69) is 11.9 Å². The minimum absolute atomic E-state index is 0. The van der Waals surface area contributed by atoms with Crippen LogP contribution in [-0.4, -0.2) is 77.2 Å². The van der Waals surface area contributed by atoms with Crippen molar-refractivity contribution in [1.82, 2.24) is 20.0 Å². The Bertz CT molecular complexity index is 510. The van der Waals surface area contributed by atoms with Gasteiger partial charge in [0, 0.05) is 32.2 Å². The Hall–Kier alpha value is -1.93. The number of halogens is 1. The zero-order valence-electron chi connectivity index (χ0n) is 12.3. The van der Waals surface area contributed by atoms with E-state index < -0.39 is 24.4 Å². The quantitative estimate of drug-likeness (QED) is 0.414. The van der Waals surface area contributed by atoms with Crippen LogP contribution in [0.4, 0.5) is 4.79 Å². The maximum Gasteiger partial charge on any atom is 0.335 e. The van der Waals surface area contributed by atoms with Gasteiger partial charge < -0.3 is 10.2 Å². The molecule has 1 N–H and O–H groups in total. The summed E-state index contributed by atoms with van der Waals surface area (Å²) >= 11 is 0. The summed E-state index contributed by atoms with van der Waals surface area (Å²) in [6.45, 7) is 6.71. The summed E-state index contributed by atoms with van der Waals surface area (Å²) < 4.78 is 0. The fourth-order valence-corrected chi connectivity index (χ4v) is 2.42. The van der Waals surface area contributed by atoms with Crippen molar-refractivity contribution >= 4 is 36.2 Å². The van der Waals surface area contributed by atoms with Crippen molar-refractivity contribution in [2.24, 2.45) is 0 Å². The SMILES string of the molecule is C=CCN1C(=O)C(=O)N(CC(=O)N2CCNCC2C)C1=O.Cl. The molecule has 22 heavy (non-hydrogen) atoms. The first-order chi connectivity index (χ1) is 9.97. The highest BCUT2D eigenvalue weighted by atomic mass is 35.5. The van der Waals surface area contributed by atoms with Gasteiger partial charge in [-0.3, -0.25) is 19.3 Å². The lowest BCUT2D eigenvalue weighted by Gasteiger charge is -2.34. The minimum Gasteiger partial charge on any atom is -0.336 e. The van der Waals surface area contributed by atoms with Gasteiger partial charge in [0.1, 0.15) is 6.54 Å². The molecular formula is C13H19ClN4O4. The van der Waals surface area contributed by atoms with Gasteiger partial charge in [0.25, 0.3) is 0 Å². The summed E-state index contributed by atoms with van der Waals surface area (Å²) in [6.07, 6.45) is 1.35. The van der Waals surface area contributed by atoms with E-state index in [0.29, 0.717) is 24.5 Å². The normalized spacial score (nSPS) is 22.0. The van der Waals surface area contributed by atoms with E-state index in [-0.39, 0.29) is 30.9 Å². The van der Waals surface area contributed by atoms with E-state index in [1.807, 2.05) is 6.92 Å². The largest absolute Gasteiger partial charge is 0.336 e. The van der Waals surface area contributed by atoms with Gasteiger partial charge in [-0.25, -0.2) is 9.69 Å². The summed E-state index contributed by atoms with van der Waals surface area (Å²) in [5, 5.41) is 3.15. The Morgan fingerprint density at radius 2 is 1.95 bits per heavy atom. The number of amides is 5. The van der Waals surface area contributed by atoms with Gasteiger partial charge in [0.05, 0.1) is 0 Å². The van der Waals surface area contributed by atoms with E-state index in [0.717, 1.165) is 4.90 Å². The number of nitrogens with one attached hydrogen (secondary N) is 1. The van der Waals surface area contributed by atoms with Gasteiger partial charge >= 0.3 is 17.8 Å². The van der Waals surface area contributed by atoms with E-state index in [4.69, 9.17) is 0 Å². The molecule has 0 radical (unpaired) electrons. The van der Waals surface area contributed by atoms with E-state index >= 15 is 0 Å². The average molecular weight is 331 g/mol. The third-order valence-corrected chi connectivity index (χ3v) is 3.56. The Morgan fingerprint density at radius 3 is 2.55 bits per heavy atom. The second-order valence-electron chi connectivity index (χ2n) is 5.02. The van der Waals surface area contributed by atoms with Crippen molar-refractivity contribution < 1.29 is 19.2 Å². The topological polar surface area (TPSA) is 90.0 Å². The predicted octanol–water partition coefficient (Wildman–Crippen LogP) is -0.795. The number of carbonyl (C=O) groups excluding carboxylic acids is 4. The first-order valence-electron chi connectivity index (χ1n) is 6.75. The summed E-state index contributed by atoms with van der Waals surface area (Å²) in [6, 6.07) is -0.778. The molecule has 0 bridgehead atoms. The molecule has 1 unspecified atom stereocenters. The van der Waals surface area contributed by atoms with Crippen molar-refractivity contribution in [2.45, 2.75) is 13.0 Å². The maximum atomic E-state index is 12.2. The first kappa shape index (κ1) is 18.1. The molecule has 8 nitrogen and oxygen atoms in total. The maximum absolute atomic E-state index is 12.2. The Kier molecular flexibility index (Phi) is 6.07. The molecule has 0 aliphatic carbocycles. The lowest BCUT2D eigenvalue weighted by Crippen LogP contribution is -2.55. The Labute approximate surface area is 134 Å². The Morgan fingerprint density at radius 1 is 1.32 bits per heavy atom. The van der Waals surface area contributed by atoms with Crippen molar-refractivity contribution in [2.75, 3.05) is 32.7 Å². The zero-order valence-corrected chi connectivity index (χ0v) is 13.1. The molecule has 1 atom stereocenters. The third kappa shape index (κ3) is 3.28. The van der Waals surface area contributed by atoms with E-state index in [9.17, 15) is 19.2 Å². The van der Waals surface area contributed by atoms with Gasteiger partial charge in [-0.1, -0.05) is 6.08 Å². The van der Waals surface area contributed by atoms with Gasteiger partial charge in [0.15, 0.2) is 0 Å². The van der Waals surface area contributed by atoms with Gasteiger partial charge in [-0.05, 0) is 6.92 Å². The zero-order chi connectivity index (χ0) is 15.6. The number of hydrogen-bond acceptors (Lipinski definition) is 5. The number of urea groups is 1. The second-order valence-corrected chi connectivity index (χ2v) is 5.02. The van der Waals surface area contributed by atoms with Crippen molar-refractivity contribution in [3.63, 3.8) is 0 Å². The fraction of sp³-hybridized carbons (Fsp3) is 0.538. The van der Waals surface area contributed by atoms with Crippen LogP contribution in [0.1, 0.15) is 6.92 Å². The molecule has 0 aromatic carbocycles. The Balaban J connectivity index is 0.00000242. The van der Waals surface area contributed by atoms with Crippen LogP contribution in [0, 0.1) is 0 Å². The number of piperazine rings is 1. The third-order valence-electron chi connectivity index (χ3n) is 3.56. The number of imide groups is 2. The van der Waals surface area contributed by atoms with Crippen LogP contribution < -0.4 is 5.32 Å². The summed E-state index contributed by atoms with van der Waals surface area (Å²) in [4.78, 5) is 50.8. The number of hydrogen-bond donors (Lipinski definition) is 1. The minimum atomic E-state index is -0.960. The van der Waals surface area contributed by atoms with Gasteiger partial charge in [0.2, 0.25) is 5.91 Å². The molecule has 5 amide bonds. The van der Waals surface area contributed by atoms with Crippen molar-refractivity contribution in [3.05, 3.63) is 12.7 Å². The van der Waals surface area contributed by atoms with Crippen LogP contribution in [0.2, 0.25) is 0 Å². The highest BCUT2D eigenvalue weighted by molar-refractivity contribution is 6.45. The van der Waals surface area contributed by atoms with Crippen LogP contribution in [0.15, 0.2) is 12.7 Å². The molecule has 0 spiro atoms. The van der Waals surface area contributed by atoms with Crippen LogP contribution in [0.3, 0.4) is 0 Å². The lowest BCUT2D eigenvalue weighted by atomic mass is 10.2. The summed E-state index contributed by atoms with van der Waals surface area (Å²) in [5.74, 6) is -2.21. The monoisotopic (exact) mass is 330 g/mol. The predicted molar refractivity (Wildman–Crippen MR) is 80.3 cm³/mol. The van der Waals surface area contributed by atoms with Gasteiger partial charge in [-0.15, -0.1) is 19.0 Å². The van der Waals surface area contributed by atoms with Crippen LogP contribution >= 0.6 is 12.4 Å². The standard InChI is InChI=1S/C13H18N4O4.ClH/c1-3-5-16-11(19)12(20)17(13(16)21)8-10(18)15-6-4-14-7-9(15)2;/h3,9,14H,1,4-8H2,2H3;1H. The fourth-order valence-electron chi connectivity index (χ4n) is 2.42. The van der Waals surface area contributed by atoms with Gasteiger partial charge in [-0.2, -0.15) is 0 Å². The molecule has 2 saturated heterocycles. The second kappa shape index (κ2) is 7.37. The highest BCUT2D eigenvalue weighted by Gasteiger charge is 2.45.